The summed E-state index contributed by atoms with van der Waals surface area (Å²) >= 11 is 6.40. The van der Waals surface area contributed by atoms with Gasteiger partial charge in [-0.3, -0.25) is 9.52 Å². The molecule has 2 aromatic carbocycles. The first-order chi connectivity index (χ1) is 19.5. The Morgan fingerprint density at radius 1 is 1.17 bits per heavy atom. The minimum absolute atomic E-state index is 0.0962. The Labute approximate surface area is 249 Å². The van der Waals surface area contributed by atoms with Gasteiger partial charge in [-0.15, -0.1) is 0 Å². The van der Waals surface area contributed by atoms with Crippen LogP contribution >= 0.6 is 11.6 Å². The number of nitrogens with one attached hydrogen (secondary N) is 1. The van der Waals surface area contributed by atoms with Crippen LogP contribution in [0.15, 0.2) is 48.6 Å². The summed E-state index contributed by atoms with van der Waals surface area (Å²) in [5.74, 6) is 4.88. The fraction of sp³-hybridized carbons (Fsp3) is 0.515. The van der Waals surface area contributed by atoms with Crippen LogP contribution in [0.5, 0.6) is 5.75 Å². The summed E-state index contributed by atoms with van der Waals surface area (Å²) in [6, 6.07) is 11.7. The number of ether oxygens (including phenoxy) is 1. The first kappa shape index (κ1) is 28.6. The van der Waals surface area contributed by atoms with Gasteiger partial charge in [0.15, 0.2) is 0 Å². The van der Waals surface area contributed by atoms with Gasteiger partial charge in [-0.05, 0) is 111 Å². The lowest BCUT2D eigenvalue weighted by atomic mass is 9.68. The largest absolute Gasteiger partial charge is 0.490 e. The lowest BCUT2D eigenvalue weighted by Gasteiger charge is -2.45. The van der Waals surface area contributed by atoms with E-state index in [2.05, 4.69) is 34.5 Å². The maximum absolute atomic E-state index is 13.5. The number of carbonyl (C=O) groups is 1. The molecule has 2 heterocycles. The third-order valence-electron chi connectivity index (χ3n) is 9.93. The second kappa shape index (κ2) is 11.0. The number of halogens is 1. The Hall–Kier alpha value is -2.48. The molecule has 2 aromatic rings. The summed E-state index contributed by atoms with van der Waals surface area (Å²) in [6.45, 7) is 5.96. The molecule has 2 bridgehead atoms. The second-order valence-electron chi connectivity index (χ2n) is 12.8. The zero-order valence-electron chi connectivity index (χ0n) is 24.0. The molecule has 4 aliphatic rings. The zero-order valence-corrected chi connectivity index (χ0v) is 25.6. The quantitative estimate of drug-likeness (QED) is 0.308. The van der Waals surface area contributed by atoms with Gasteiger partial charge in [-0.2, -0.15) is 0 Å². The average molecular weight is 597 g/mol. The van der Waals surface area contributed by atoms with Crippen molar-refractivity contribution in [2.24, 2.45) is 17.8 Å². The highest BCUT2D eigenvalue weighted by Gasteiger charge is 2.44. The number of amides is 1. The number of aryl methyl sites for hydroxylation is 1. The van der Waals surface area contributed by atoms with Crippen molar-refractivity contribution >= 4 is 38.8 Å². The highest BCUT2D eigenvalue weighted by atomic mass is 35.5. The molecule has 1 spiro atoms. The Morgan fingerprint density at radius 3 is 2.78 bits per heavy atom. The van der Waals surface area contributed by atoms with Crippen LogP contribution in [0, 0.1) is 17.8 Å². The molecule has 220 valence electrons. The van der Waals surface area contributed by atoms with E-state index in [9.17, 15) is 14.1 Å². The topological polar surface area (TPSA) is 78.9 Å². The number of aliphatic hydroxyl groups excluding tert-OH is 1. The van der Waals surface area contributed by atoms with E-state index in [0.29, 0.717) is 24.5 Å². The predicted octanol–water partition coefficient (Wildman–Crippen LogP) is 5.55. The standard InChI is InChI=1S/C33H41ClN2O4S/c1-21-6-12-30(37)27-10-7-25(27)18-36-19-33(14-4-5-23-16-26(34)9-11-28(23)33)20-40-31-13-8-24(17-29(31)36)32(38)35-41(3,39)22(2)15-21/h6,8-9,11-13,16-17,21-22,25,27,30,37H,3-5,7,10,14-15,18-20H2,1-2H3,(H,35,38,39)/b12-6+/t21-,22-,25+,27-,30+,33+,41?/m1/s1. The van der Waals surface area contributed by atoms with Gasteiger partial charge in [0, 0.05) is 34.3 Å². The third-order valence-corrected chi connectivity index (χ3v) is 12.2. The van der Waals surface area contributed by atoms with Gasteiger partial charge in [0.25, 0.3) is 5.91 Å². The maximum Gasteiger partial charge on any atom is 0.262 e. The first-order valence-electron chi connectivity index (χ1n) is 14.9. The molecule has 1 amide bonds. The molecule has 2 aliphatic heterocycles. The van der Waals surface area contributed by atoms with Crippen LogP contribution in [0.2, 0.25) is 5.02 Å². The van der Waals surface area contributed by atoms with Crippen molar-refractivity contribution in [2.75, 3.05) is 24.6 Å². The fourth-order valence-electron chi connectivity index (χ4n) is 7.33. The molecule has 1 saturated carbocycles. The van der Waals surface area contributed by atoms with E-state index in [-0.39, 0.29) is 28.4 Å². The van der Waals surface area contributed by atoms with Crippen LogP contribution in [-0.4, -0.2) is 52.1 Å². The van der Waals surface area contributed by atoms with Gasteiger partial charge >= 0.3 is 0 Å². The molecule has 8 heteroatoms. The molecule has 2 N–H and O–H groups in total. The normalized spacial score (nSPS) is 36.1. The minimum Gasteiger partial charge on any atom is -0.490 e. The number of fused-ring (bicyclic) bond motifs is 4. The first-order valence-corrected chi connectivity index (χ1v) is 17.1. The number of hydrogen-bond donors (Lipinski definition) is 2. The summed E-state index contributed by atoms with van der Waals surface area (Å²) in [5.41, 5.74) is 3.67. The van der Waals surface area contributed by atoms with Crippen molar-refractivity contribution in [3.05, 3.63) is 70.3 Å². The van der Waals surface area contributed by atoms with Gasteiger partial charge in [0.1, 0.15) is 5.75 Å². The van der Waals surface area contributed by atoms with Crippen LogP contribution in [0.4, 0.5) is 5.69 Å². The molecule has 7 atom stereocenters. The van der Waals surface area contributed by atoms with Crippen molar-refractivity contribution in [1.82, 2.24) is 4.72 Å². The summed E-state index contributed by atoms with van der Waals surface area (Å²) in [5, 5.41) is 11.6. The van der Waals surface area contributed by atoms with E-state index in [1.165, 1.54) is 11.1 Å². The van der Waals surface area contributed by atoms with Gasteiger partial charge < -0.3 is 14.7 Å². The molecule has 0 saturated heterocycles. The molecule has 1 unspecified atom stereocenters. The van der Waals surface area contributed by atoms with E-state index in [1.807, 2.05) is 37.3 Å². The molecule has 6 nitrogen and oxygen atoms in total. The summed E-state index contributed by atoms with van der Waals surface area (Å²) < 4.78 is 22.8. The number of carbonyl (C=O) groups excluding carboxylic acids is 1. The smallest absolute Gasteiger partial charge is 0.262 e. The molecular weight excluding hydrogens is 556 g/mol. The average Bonchev–Trinajstić information content (AvgIpc) is 3.06. The van der Waals surface area contributed by atoms with Crippen molar-refractivity contribution in [3.63, 3.8) is 0 Å². The molecule has 1 fully saturated rings. The van der Waals surface area contributed by atoms with Crippen LogP contribution in [0.3, 0.4) is 0 Å². The number of hydrogen-bond acceptors (Lipinski definition) is 5. The van der Waals surface area contributed by atoms with Crippen molar-refractivity contribution in [2.45, 2.75) is 69.1 Å². The van der Waals surface area contributed by atoms with Gasteiger partial charge in [-0.25, -0.2) is 4.21 Å². The molecule has 2 aliphatic carbocycles. The molecule has 41 heavy (non-hydrogen) atoms. The van der Waals surface area contributed by atoms with Gasteiger partial charge in [0.05, 0.1) is 28.1 Å². The van der Waals surface area contributed by atoms with Crippen LogP contribution in [0.1, 0.15) is 67.4 Å². The van der Waals surface area contributed by atoms with E-state index in [4.69, 9.17) is 16.3 Å². The van der Waals surface area contributed by atoms with Crippen molar-refractivity contribution < 1.29 is 18.8 Å². The van der Waals surface area contributed by atoms with E-state index in [0.717, 1.165) is 61.7 Å². The predicted molar refractivity (Wildman–Crippen MR) is 168 cm³/mol. The number of rotatable bonds is 0. The Morgan fingerprint density at radius 2 is 2.00 bits per heavy atom. The van der Waals surface area contributed by atoms with Crippen molar-refractivity contribution in [1.29, 1.82) is 0 Å². The number of nitrogens with zero attached hydrogens (tertiary/aromatic N) is 1. The molecular formula is C33H41ClN2O4S. The molecule has 0 aromatic heterocycles. The van der Waals surface area contributed by atoms with Gasteiger partial charge in [0.2, 0.25) is 0 Å². The van der Waals surface area contributed by atoms with Crippen LogP contribution in [-0.2, 0) is 21.5 Å². The third kappa shape index (κ3) is 5.53. The minimum atomic E-state index is -2.89. The highest BCUT2D eigenvalue weighted by Crippen LogP contribution is 2.46. The van der Waals surface area contributed by atoms with Crippen LogP contribution < -0.4 is 14.4 Å². The summed E-state index contributed by atoms with van der Waals surface area (Å²) in [7, 11) is -2.89. The SMILES string of the molecule is C=S1(=O)NC(=O)c2ccc3c(c2)N(C[C@@H]2CC[C@H]2[C@@H](O)/C=C/[C@@H](C)C[C@H]1C)C[C@@]1(CCCc2cc(Cl)ccc21)CO3. The van der Waals surface area contributed by atoms with E-state index < -0.39 is 15.8 Å². The lowest BCUT2D eigenvalue weighted by Crippen LogP contribution is -2.49. The number of anilines is 1. The Kier molecular flexibility index (Phi) is 7.66. The lowest BCUT2D eigenvalue weighted by molar-refractivity contribution is 0.0454. The number of benzene rings is 2. The number of aliphatic hydroxyl groups is 1. The summed E-state index contributed by atoms with van der Waals surface area (Å²) in [4.78, 5) is 15.8. The van der Waals surface area contributed by atoms with Crippen molar-refractivity contribution in [3.8, 4) is 5.75 Å². The fourth-order valence-corrected chi connectivity index (χ4v) is 8.77. The van der Waals surface area contributed by atoms with E-state index >= 15 is 0 Å². The summed E-state index contributed by atoms with van der Waals surface area (Å²) in [6.07, 6.45) is 9.11. The van der Waals surface area contributed by atoms with Crippen LogP contribution in [0.25, 0.3) is 0 Å². The van der Waals surface area contributed by atoms with E-state index in [1.54, 1.807) is 6.07 Å². The highest BCUT2D eigenvalue weighted by molar-refractivity contribution is 7.99. The maximum atomic E-state index is 13.5. The molecule has 6 rings (SSSR count). The number of allylic oxidation sites excluding steroid dienone is 1. The molecule has 0 radical (unpaired) electrons. The van der Waals surface area contributed by atoms with Gasteiger partial charge in [-0.1, -0.05) is 36.7 Å². The zero-order chi connectivity index (χ0) is 28.9. The Bertz CT molecular complexity index is 1470. The Balaban J connectivity index is 1.42. The monoisotopic (exact) mass is 596 g/mol. The second-order valence-corrected chi connectivity index (χ2v) is 15.7.